The average Bonchev–Trinajstić information content (AvgIpc) is 2.27. The zero-order valence-corrected chi connectivity index (χ0v) is 10.2. The molecule has 1 aromatic carbocycles. The number of para-hydroxylation sites is 1. The summed E-state index contributed by atoms with van der Waals surface area (Å²) in [5.41, 5.74) is 7.54. The Kier molecular flexibility index (Phi) is 3.20. The van der Waals surface area contributed by atoms with Crippen molar-refractivity contribution < 1.29 is 4.74 Å². The highest BCUT2D eigenvalue weighted by molar-refractivity contribution is 5.40. The van der Waals surface area contributed by atoms with E-state index in [1.165, 1.54) is 12.0 Å². The molecule has 88 valence electrons. The van der Waals surface area contributed by atoms with Crippen molar-refractivity contribution in [1.82, 2.24) is 0 Å². The van der Waals surface area contributed by atoms with Crippen molar-refractivity contribution in [2.24, 2.45) is 11.7 Å². The maximum absolute atomic E-state index is 6.54. The number of benzene rings is 1. The van der Waals surface area contributed by atoms with Gasteiger partial charge in [0, 0.05) is 17.5 Å². The van der Waals surface area contributed by atoms with Crippen LogP contribution in [0.3, 0.4) is 0 Å². The molecule has 2 nitrogen and oxygen atoms in total. The Bertz CT molecular complexity index is 362. The van der Waals surface area contributed by atoms with Gasteiger partial charge in [0.15, 0.2) is 0 Å². The third kappa shape index (κ3) is 2.22. The zero-order chi connectivity index (χ0) is 11.6. The molecular weight excluding hydrogens is 198 g/mol. The fourth-order valence-corrected chi connectivity index (χ4v) is 2.29. The van der Waals surface area contributed by atoms with E-state index in [1.54, 1.807) is 0 Å². The standard InChI is InChI=1S/C14H21NO/c1-11(2)7-8-14(15)9-10-16-13-6-4-3-5-12(13)14/h3-6,11H,7-10,15H2,1-2H3. The summed E-state index contributed by atoms with van der Waals surface area (Å²) < 4.78 is 5.65. The lowest BCUT2D eigenvalue weighted by molar-refractivity contribution is 0.202. The van der Waals surface area contributed by atoms with Crippen LogP contribution in [0.2, 0.25) is 0 Å². The fourth-order valence-electron chi connectivity index (χ4n) is 2.29. The van der Waals surface area contributed by atoms with Crippen LogP contribution in [0.4, 0.5) is 0 Å². The van der Waals surface area contributed by atoms with Gasteiger partial charge in [-0.25, -0.2) is 0 Å². The summed E-state index contributed by atoms with van der Waals surface area (Å²) in [6.07, 6.45) is 3.15. The maximum Gasteiger partial charge on any atom is 0.124 e. The van der Waals surface area contributed by atoms with Crippen LogP contribution in [0.5, 0.6) is 5.75 Å². The van der Waals surface area contributed by atoms with Crippen LogP contribution in [0.1, 0.15) is 38.7 Å². The van der Waals surface area contributed by atoms with Crippen molar-refractivity contribution in [3.8, 4) is 5.75 Å². The minimum atomic E-state index is -0.181. The van der Waals surface area contributed by atoms with Gasteiger partial charge in [0.2, 0.25) is 0 Å². The van der Waals surface area contributed by atoms with Gasteiger partial charge in [0.25, 0.3) is 0 Å². The lowest BCUT2D eigenvalue weighted by atomic mass is 9.80. The molecule has 1 aliphatic heterocycles. The summed E-state index contributed by atoms with van der Waals surface area (Å²) in [5.74, 6) is 1.68. The van der Waals surface area contributed by atoms with Crippen LogP contribution in [0, 0.1) is 5.92 Å². The summed E-state index contributed by atoms with van der Waals surface area (Å²) in [5, 5.41) is 0. The highest BCUT2D eigenvalue weighted by atomic mass is 16.5. The number of nitrogens with two attached hydrogens (primary N) is 1. The van der Waals surface area contributed by atoms with Gasteiger partial charge in [-0.3, -0.25) is 0 Å². The smallest absolute Gasteiger partial charge is 0.124 e. The summed E-state index contributed by atoms with van der Waals surface area (Å²) in [6, 6.07) is 8.18. The molecule has 16 heavy (non-hydrogen) atoms. The normalized spacial score (nSPS) is 24.0. The van der Waals surface area contributed by atoms with Crippen LogP contribution in [-0.4, -0.2) is 6.61 Å². The highest BCUT2D eigenvalue weighted by Gasteiger charge is 2.33. The van der Waals surface area contributed by atoms with Crippen molar-refractivity contribution in [2.75, 3.05) is 6.61 Å². The number of hydrogen-bond donors (Lipinski definition) is 1. The Labute approximate surface area is 97.8 Å². The largest absolute Gasteiger partial charge is 0.493 e. The van der Waals surface area contributed by atoms with E-state index in [2.05, 4.69) is 19.9 Å². The average molecular weight is 219 g/mol. The van der Waals surface area contributed by atoms with Gasteiger partial charge in [0.05, 0.1) is 6.61 Å². The topological polar surface area (TPSA) is 35.2 Å². The van der Waals surface area contributed by atoms with Gasteiger partial charge < -0.3 is 10.5 Å². The molecule has 0 aromatic heterocycles. The quantitative estimate of drug-likeness (QED) is 0.848. The summed E-state index contributed by atoms with van der Waals surface area (Å²) >= 11 is 0. The van der Waals surface area contributed by atoms with Crippen LogP contribution in [0.15, 0.2) is 24.3 Å². The van der Waals surface area contributed by atoms with E-state index in [4.69, 9.17) is 10.5 Å². The van der Waals surface area contributed by atoms with Gasteiger partial charge in [-0.15, -0.1) is 0 Å². The molecule has 0 radical (unpaired) electrons. The van der Waals surface area contributed by atoms with Gasteiger partial charge in [0.1, 0.15) is 5.75 Å². The number of rotatable bonds is 3. The number of ether oxygens (including phenoxy) is 1. The minimum Gasteiger partial charge on any atom is -0.493 e. The highest BCUT2D eigenvalue weighted by Crippen LogP contribution is 2.38. The molecule has 1 aromatic rings. The van der Waals surface area contributed by atoms with E-state index < -0.39 is 0 Å². The molecule has 0 saturated heterocycles. The second-order valence-electron chi connectivity index (χ2n) is 5.18. The first-order valence-electron chi connectivity index (χ1n) is 6.13. The van der Waals surface area contributed by atoms with E-state index in [9.17, 15) is 0 Å². The monoisotopic (exact) mass is 219 g/mol. The van der Waals surface area contributed by atoms with Crippen LogP contribution < -0.4 is 10.5 Å². The first kappa shape index (κ1) is 11.5. The molecule has 0 aliphatic carbocycles. The second kappa shape index (κ2) is 4.46. The summed E-state index contributed by atoms with van der Waals surface area (Å²) in [4.78, 5) is 0. The number of fused-ring (bicyclic) bond motifs is 1. The molecule has 1 aliphatic rings. The maximum atomic E-state index is 6.54. The lowest BCUT2D eigenvalue weighted by Crippen LogP contribution is -2.41. The second-order valence-corrected chi connectivity index (χ2v) is 5.18. The Hall–Kier alpha value is -1.02. The third-order valence-electron chi connectivity index (χ3n) is 3.40. The van der Waals surface area contributed by atoms with E-state index in [-0.39, 0.29) is 5.54 Å². The van der Waals surface area contributed by atoms with E-state index >= 15 is 0 Å². The molecule has 0 amide bonds. The predicted molar refractivity (Wildman–Crippen MR) is 66.5 cm³/mol. The van der Waals surface area contributed by atoms with Crippen molar-refractivity contribution in [1.29, 1.82) is 0 Å². The summed E-state index contributed by atoms with van der Waals surface area (Å²) in [7, 11) is 0. The van der Waals surface area contributed by atoms with E-state index in [0.29, 0.717) is 5.92 Å². The van der Waals surface area contributed by atoms with Crippen LogP contribution in [-0.2, 0) is 5.54 Å². The van der Waals surface area contributed by atoms with E-state index in [1.807, 2.05) is 18.2 Å². The Balaban J connectivity index is 2.22. The fraction of sp³-hybridized carbons (Fsp3) is 0.571. The zero-order valence-electron chi connectivity index (χ0n) is 10.2. The molecule has 0 bridgehead atoms. The van der Waals surface area contributed by atoms with Crippen molar-refractivity contribution in [3.05, 3.63) is 29.8 Å². The SMILES string of the molecule is CC(C)CCC1(N)CCOc2ccccc21. The first-order valence-corrected chi connectivity index (χ1v) is 6.13. The molecule has 0 spiro atoms. The molecule has 2 N–H and O–H groups in total. The Morgan fingerprint density at radius 3 is 2.88 bits per heavy atom. The molecule has 1 unspecified atom stereocenters. The molecule has 1 heterocycles. The first-order chi connectivity index (χ1) is 7.62. The van der Waals surface area contributed by atoms with Crippen LogP contribution in [0.25, 0.3) is 0 Å². The molecule has 0 fully saturated rings. The van der Waals surface area contributed by atoms with E-state index in [0.717, 1.165) is 25.2 Å². The molecule has 2 heteroatoms. The predicted octanol–water partition coefficient (Wildman–Crippen LogP) is 3.06. The Morgan fingerprint density at radius 1 is 1.38 bits per heavy atom. The molecule has 2 rings (SSSR count). The lowest BCUT2D eigenvalue weighted by Gasteiger charge is -2.36. The van der Waals surface area contributed by atoms with Gasteiger partial charge >= 0.3 is 0 Å². The van der Waals surface area contributed by atoms with Crippen LogP contribution >= 0.6 is 0 Å². The van der Waals surface area contributed by atoms with Crippen molar-refractivity contribution >= 4 is 0 Å². The van der Waals surface area contributed by atoms with Crippen molar-refractivity contribution in [3.63, 3.8) is 0 Å². The molecule has 0 saturated carbocycles. The molecular formula is C14H21NO. The number of hydrogen-bond acceptors (Lipinski definition) is 2. The Morgan fingerprint density at radius 2 is 2.12 bits per heavy atom. The van der Waals surface area contributed by atoms with Gasteiger partial charge in [-0.05, 0) is 24.8 Å². The van der Waals surface area contributed by atoms with Gasteiger partial charge in [-0.2, -0.15) is 0 Å². The van der Waals surface area contributed by atoms with Gasteiger partial charge in [-0.1, -0.05) is 32.0 Å². The molecule has 1 atom stereocenters. The minimum absolute atomic E-state index is 0.181. The summed E-state index contributed by atoms with van der Waals surface area (Å²) in [6.45, 7) is 5.23. The van der Waals surface area contributed by atoms with Crippen molar-refractivity contribution in [2.45, 2.75) is 38.6 Å². The third-order valence-corrected chi connectivity index (χ3v) is 3.40.